The molecule has 0 bridgehead atoms. The van der Waals surface area contributed by atoms with E-state index in [-0.39, 0.29) is 11.5 Å². The van der Waals surface area contributed by atoms with E-state index in [1.165, 1.54) is 11.5 Å². The van der Waals surface area contributed by atoms with Gasteiger partial charge in [0.15, 0.2) is 9.84 Å². The number of hydrogen-bond donors (Lipinski definition) is 0. The van der Waals surface area contributed by atoms with Crippen LogP contribution < -0.4 is 4.74 Å². The molecule has 0 saturated carbocycles. The Kier molecular flexibility index (Phi) is 4.36. The smallest absolute Gasteiger partial charge is 0.199 e. The second kappa shape index (κ2) is 6.20. The van der Waals surface area contributed by atoms with Gasteiger partial charge >= 0.3 is 0 Å². The maximum absolute atomic E-state index is 11.9. The molecule has 2 aromatic rings. The summed E-state index contributed by atoms with van der Waals surface area (Å²) >= 11 is 0. The van der Waals surface area contributed by atoms with E-state index in [0.29, 0.717) is 5.75 Å². The third-order valence-electron chi connectivity index (χ3n) is 2.44. The highest BCUT2D eigenvalue weighted by Gasteiger charge is 2.08. The molecule has 0 fully saturated rings. The summed E-state index contributed by atoms with van der Waals surface area (Å²) in [6, 6.07) is 17.6. The minimum Gasteiger partial charge on any atom is -0.490 e. The molecule has 0 atom stereocenters. The zero-order valence-electron chi connectivity index (χ0n) is 10.3. The highest BCUT2D eigenvalue weighted by molar-refractivity contribution is 7.94. The monoisotopic (exact) mass is 274 g/mol. The molecule has 0 N–H and O–H groups in total. The van der Waals surface area contributed by atoms with Gasteiger partial charge in [0.2, 0.25) is 0 Å². The summed E-state index contributed by atoms with van der Waals surface area (Å²) in [7, 11) is -3.38. The maximum atomic E-state index is 11.9. The number of benzene rings is 2. The van der Waals surface area contributed by atoms with Crippen LogP contribution >= 0.6 is 0 Å². The van der Waals surface area contributed by atoms with Crippen LogP contribution in [0.4, 0.5) is 0 Å². The van der Waals surface area contributed by atoms with Gasteiger partial charge in [-0.2, -0.15) is 0 Å². The average Bonchev–Trinajstić information content (AvgIpc) is 2.46. The van der Waals surface area contributed by atoms with E-state index >= 15 is 0 Å². The molecule has 98 valence electrons. The lowest BCUT2D eigenvalue weighted by Gasteiger charge is -2.02. The zero-order valence-corrected chi connectivity index (χ0v) is 11.1. The quantitative estimate of drug-likeness (QED) is 0.841. The van der Waals surface area contributed by atoms with Crippen LogP contribution in [0, 0.1) is 0 Å². The number of hydrogen-bond acceptors (Lipinski definition) is 3. The summed E-state index contributed by atoms with van der Waals surface area (Å²) in [5, 5.41) is 1.17. The van der Waals surface area contributed by atoms with Crippen LogP contribution in [-0.2, 0) is 9.84 Å². The standard InChI is InChI=1S/C15H14O3S/c16-19(17,15-10-5-2-6-11-15)13-7-12-18-14-8-3-1-4-9-14/h1-11,13H,12H2/b13-7+. The van der Waals surface area contributed by atoms with Crippen LogP contribution in [0.2, 0.25) is 0 Å². The predicted octanol–water partition coefficient (Wildman–Crippen LogP) is 3.05. The van der Waals surface area contributed by atoms with Gasteiger partial charge < -0.3 is 4.74 Å². The number of sulfone groups is 1. The van der Waals surface area contributed by atoms with Crippen LogP contribution in [0.1, 0.15) is 0 Å². The molecule has 0 saturated heterocycles. The third kappa shape index (κ3) is 3.96. The molecule has 0 amide bonds. The van der Waals surface area contributed by atoms with Gasteiger partial charge in [-0.25, -0.2) is 8.42 Å². The van der Waals surface area contributed by atoms with E-state index in [1.54, 1.807) is 30.3 Å². The Labute approximate surface area is 113 Å². The van der Waals surface area contributed by atoms with E-state index in [1.807, 2.05) is 30.3 Å². The molecule has 2 aromatic carbocycles. The lowest BCUT2D eigenvalue weighted by molar-refractivity contribution is 0.363. The second-order valence-electron chi connectivity index (χ2n) is 3.85. The first kappa shape index (κ1) is 13.4. The van der Waals surface area contributed by atoms with Crippen molar-refractivity contribution in [2.75, 3.05) is 6.61 Å². The maximum Gasteiger partial charge on any atom is 0.199 e. The fourth-order valence-electron chi connectivity index (χ4n) is 1.52. The van der Waals surface area contributed by atoms with Gasteiger partial charge in [-0.1, -0.05) is 36.4 Å². The number of para-hydroxylation sites is 1. The first-order valence-corrected chi connectivity index (χ1v) is 7.38. The largest absolute Gasteiger partial charge is 0.490 e. The van der Waals surface area contributed by atoms with Crippen molar-refractivity contribution in [2.24, 2.45) is 0 Å². The van der Waals surface area contributed by atoms with E-state index in [2.05, 4.69) is 0 Å². The Hall–Kier alpha value is -2.07. The van der Waals surface area contributed by atoms with Crippen LogP contribution in [0.25, 0.3) is 0 Å². The van der Waals surface area contributed by atoms with Gasteiger partial charge in [0.25, 0.3) is 0 Å². The number of ether oxygens (including phenoxy) is 1. The van der Waals surface area contributed by atoms with Gasteiger partial charge in [0, 0.05) is 5.41 Å². The topological polar surface area (TPSA) is 43.4 Å². The highest BCUT2D eigenvalue weighted by atomic mass is 32.2. The highest BCUT2D eigenvalue weighted by Crippen LogP contribution is 2.12. The van der Waals surface area contributed by atoms with Crippen molar-refractivity contribution in [3.63, 3.8) is 0 Å². The SMILES string of the molecule is O=S(=O)(/C=C/COc1ccccc1)c1ccccc1. The number of rotatable bonds is 5. The van der Waals surface area contributed by atoms with Crippen LogP contribution in [0.15, 0.2) is 77.0 Å². The molecule has 0 radical (unpaired) electrons. The molecule has 0 unspecified atom stereocenters. The Bertz CT molecular complexity index is 632. The van der Waals surface area contributed by atoms with Crippen molar-refractivity contribution in [2.45, 2.75) is 4.90 Å². The van der Waals surface area contributed by atoms with Crippen LogP contribution in [0.3, 0.4) is 0 Å². The molecule has 0 aromatic heterocycles. The predicted molar refractivity (Wildman–Crippen MR) is 74.7 cm³/mol. The van der Waals surface area contributed by atoms with Crippen molar-refractivity contribution >= 4 is 9.84 Å². The lowest BCUT2D eigenvalue weighted by Crippen LogP contribution is -1.98. The van der Waals surface area contributed by atoms with Crippen molar-refractivity contribution in [1.29, 1.82) is 0 Å². The Balaban J connectivity index is 1.96. The summed E-state index contributed by atoms with van der Waals surface area (Å²) in [6.45, 7) is 0.218. The molecule has 0 aliphatic heterocycles. The first-order valence-electron chi connectivity index (χ1n) is 5.83. The molecule has 0 aliphatic rings. The van der Waals surface area contributed by atoms with Gasteiger partial charge in [0.1, 0.15) is 12.4 Å². The van der Waals surface area contributed by atoms with Gasteiger partial charge in [-0.15, -0.1) is 0 Å². The summed E-state index contributed by atoms with van der Waals surface area (Å²) in [4.78, 5) is 0.283. The summed E-state index contributed by atoms with van der Waals surface area (Å²) in [5.41, 5.74) is 0. The third-order valence-corrected chi connectivity index (χ3v) is 3.92. The fraction of sp³-hybridized carbons (Fsp3) is 0.0667. The normalized spacial score (nSPS) is 11.6. The van der Waals surface area contributed by atoms with E-state index in [4.69, 9.17) is 4.74 Å². The van der Waals surface area contributed by atoms with E-state index < -0.39 is 9.84 Å². The molecular weight excluding hydrogens is 260 g/mol. The van der Waals surface area contributed by atoms with E-state index in [9.17, 15) is 8.42 Å². The second-order valence-corrected chi connectivity index (χ2v) is 5.69. The summed E-state index contributed by atoms with van der Waals surface area (Å²) in [6.07, 6.45) is 1.50. The van der Waals surface area contributed by atoms with Gasteiger partial charge in [-0.3, -0.25) is 0 Å². The molecule has 19 heavy (non-hydrogen) atoms. The Morgan fingerprint density at radius 2 is 1.47 bits per heavy atom. The van der Waals surface area contributed by atoms with Crippen molar-refractivity contribution in [3.8, 4) is 5.75 Å². The van der Waals surface area contributed by atoms with Gasteiger partial charge in [-0.05, 0) is 30.3 Å². The molecular formula is C15H14O3S. The minimum atomic E-state index is -3.38. The molecule has 0 aliphatic carbocycles. The van der Waals surface area contributed by atoms with Crippen molar-refractivity contribution in [1.82, 2.24) is 0 Å². The van der Waals surface area contributed by atoms with E-state index in [0.717, 1.165) is 0 Å². The van der Waals surface area contributed by atoms with Crippen LogP contribution in [-0.4, -0.2) is 15.0 Å². The molecule has 2 rings (SSSR count). The zero-order chi connectivity index (χ0) is 13.6. The Morgan fingerprint density at radius 1 is 0.895 bits per heavy atom. The van der Waals surface area contributed by atoms with Crippen molar-refractivity contribution in [3.05, 3.63) is 72.1 Å². The van der Waals surface area contributed by atoms with Crippen LogP contribution in [0.5, 0.6) is 5.75 Å². The molecule has 0 heterocycles. The summed E-state index contributed by atoms with van der Waals surface area (Å²) < 4.78 is 29.2. The summed E-state index contributed by atoms with van der Waals surface area (Å²) in [5.74, 6) is 0.712. The average molecular weight is 274 g/mol. The lowest BCUT2D eigenvalue weighted by atomic mass is 10.3. The van der Waals surface area contributed by atoms with Crippen molar-refractivity contribution < 1.29 is 13.2 Å². The Morgan fingerprint density at radius 3 is 2.11 bits per heavy atom. The minimum absolute atomic E-state index is 0.218. The first-order chi connectivity index (χ1) is 9.18. The molecule has 3 nitrogen and oxygen atoms in total. The molecule has 0 spiro atoms. The molecule has 4 heteroatoms. The van der Waals surface area contributed by atoms with Gasteiger partial charge in [0.05, 0.1) is 4.90 Å². The fourth-order valence-corrected chi connectivity index (χ4v) is 2.54.